The molecule has 0 aromatic carbocycles. The summed E-state index contributed by atoms with van der Waals surface area (Å²) >= 11 is 8.82. The van der Waals surface area contributed by atoms with E-state index in [0.29, 0.717) is 21.9 Å². The molecule has 0 spiro atoms. The Hall–Kier alpha value is -1.71. The Morgan fingerprint density at radius 3 is 3.00 bits per heavy atom. The number of nitrogens with one attached hydrogen (secondary N) is 1. The molecule has 0 amide bonds. The van der Waals surface area contributed by atoms with Gasteiger partial charge in [0.05, 0.1) is 5.75 Å². The van der Waals surface area contributed by atoms with Crippen LogP contribution < -0.4 is 11.1 Å². The molecule has 0 aliphatic carbocycles. The number of nitrogens with zero attached hydrogens (tertiary/aromatic N) is 4. The van der Waals surface area contributed by atoms with Crippen molar-refractivity contribution in [1.82, 2.24) is 24.7 Å². The molecule has 7 nitrogen and oxygen atoms in total. The van der Waals surface area contributed by atoms with Crippen LogP contribution in [0.15, 0.2) is 26.2 Å². The van der Waals surface area contributed by atoms with Crippen molar-refractivity contribution >= 4 is 44.9 Å². The van der Waals surface area contributed by atoms with Gasteiger partial charge in [0, 0.05) is 12.4 Å². The average Bonchev–Trinajstić information content (AvgIpc) is 2.90. The molecule has 3 rings (SSSR count). The Morgan fingerprint density at radius 2 is 2.19 bits per heavy atom. The van der Waals surface area contributed by atoms with E-state index < -0.39 is 11.1 Å². The number of thiophene rings is 1. The molecular formula is C11H8ClN5O2S2. The summed E-state index contributed by atoms with van der Waals surface area (Å²) in [7, 11) is 1.60. The molecule has 0 atom stereocenters. The van der Waals surface area contributed by atoms with Gasteiger partial charge in [0.25, 0.3) is 0 Å². The van der Waals surface area contributed by atoms with Gasteiger partial charge in [0.2, 0.25) is 0 Å². The van der Waals surface area contributed by atoms with Crippen LogP contribution >= 0.6 is 34.7 Å². The van der Waals surface area contributed by atoms with Crippen LogP contribution in [-0.2, 0) is 12.8 Å². The summed E-state index contributed by atoms with van der Waals surface area (Å²) in [6, 6.07) is 1.87. The minimum atomic E-state index is -0.816. The van der Waals surface area contributed by atoms with Crippen LogP contribution in [-0.4, -0.2) is 24.7 Å². The van der Waals surface area contributed by atoms with Gasteiger partial charge in [-0.05, 0) is 11.4 Å². The molecule has 10 heteroatoms. The number of aromatic nitrogens is 5. The van der Waals surface area contributed by atoms with Crippen LogP contribution in [0.4, 0.5) is 0 Å². The molecule has 0 unspecified atom stereocenters. The van der Waals surface area contributed by atoms with Crippen molar-refractivity contribution in [2.75, 3.05) is 0 Å². The number of H-pyrrole nitrogens is 1. The van der Waals surface area contributed by atoms with E-state index in [1.807, 2.05) is 11.4 Å². The van der Waals surface area contributed by atoms with E-state index in [4.69, 9.17) is 11.6 Å². The van der Waals surface area contributed by atoms with E-state index in [1.165, 1.54) is 27.8 Å². The number of fused-ring (bicyclic) bond motifs is 1. The zero-order valence-electron chi connectivity index (χ0n) is 10.7. The first-order valence-corrected chi connectivity index (χ1v) is 7.98. The Kier molecular flexibility index (Phi) is 3.79. The number of halogens is 1. The Labute approximate surface area is 131 Å². The fraction of sp³-hybridized carbons (Fsp3) is 0.182. The zero-order chi connectivity index (χ0) is 15.0. The van der Waals surface area contributed by atoms with Gasteiger partial charge in [-0.1, -0.05) is 23.4 Å². The predicted molar refractivity (Wildman–Crippen MR) is 82.1 cm³/mol. The van der Waals surface area contributed by atoms with E-state index in [0.717, 1.165) is 10.2 Å². The molecule has 0 radical (unpaired) electrons. The van der Waals surface area contributed by atoms with Crippen molar-refractivity contribution in [3.63, 3.8) is 0 Å². The first kappa shape index (κ1) is 14.2. The van der Waals surface area contributed by atoms with Crippen molar-refractivity contribution in [1.29, 1.82) is 0 Å². The molecule has 1 N–H and O–H groups in total. The van der Waals surface area contributed by atoms with Crippen molar-refractivity contribution in [2.24, 2.45) is 7.05 Å². The maximum atomic E-state index is 11.3. The van der Waals surface area contributed by atoms with E-state index in [-0.39, 0.29) is 0 Å². The summed E-state index contributed by atoms with van der Waals surface area (Å²) < 4.78 is 1.39. The summed E-state index contributed by atoms with van der Waals surface area (Å²) in [6.45, 7) is 0. The smallest absolute Gasteiger partial charge is 0.265 e. The van der Waals surface area contributed by atoms with Gasteiger partial charge in [-0.3, -0.25) is 19.4 Å². The van der Waals surface area contributed by atoms with Crippen molar-refractivity contribution < 1.29 is 0 Å². The topological polar surface area (TPSA) is 93.5 Å². The van der Waals surface area contributed by atoms with E-state index in [1.54, 1.807) is 7.05 Å². The molecule has 3 aromatic rings. The lowest BCUT2D eigenvalue weighted by molar-refractivity contribution is 0.596. The maximum Gasteiger partial charge on any atom is 0.339 e. The number of aryl methyl sites for hydroxylation is 1. The van der Waals surface area contributed by atoms with Crippen LogP contribution in [0.1, 0.15) is 5.82 Å². The highest BCUT2D eigenvalue weighted by molar-refractivity contribution is 7.98. The van der Waals surface area contributed by atoms with Crippen LogP contribution in [0.25, 0.3) is 10.2 Å². The standard InChI is InChI=1S/C11H8ClN5O2S2/c1-17-11(15-8(18)9(19)16-17)21-4-6-13-7(12)5-2-3-20-10(5)14-6/h2-3H,4H2,1H3,(H,16,19). The molecule has 0 aliphatic heterocycles. The van der Waals surface area contributed by atoms with Gasteiger partial charge in [0.15, 0.2) is 5.16 Å². The molecule has 0 saturated heterocycles. The average molecular weight is 342 g/mol. The lowest BCUT2D eigenvalue weighted by Gasteiger charge is -2.05. The van der Waals surface area contributed by atoms with Crippen LogP contribution in [0, 0.1) is 0 Å². The quantitative estimate of drug-likeness (QED) is 0.440. The molecule has 3 aromatic heterocycles. The van der Waals surface area contributed by atoms with Gasteiger partial charge in [0.1, 0.15) is 15.8 Å². The number of hydrogen-bond acceptors (Lipinski definition) is 7. The normalized spacial score (nSPS) is 11.1. The number of rotatable bonds is 3. The molecule has 0 fully saturated rings. The van der Waals surface area contributed by atoms with Crippen molar-refractivity contribution in [2.45, 2.75) is 10.9 Å². The third-order valence-electron chi connectivity index (χ3n) is 2.60. The first-order valence-electron chi connectivity index (χ1n) is 5.74. The third-order valence-corrected chi connectivity index (χ3v) is 4.72. The highest BCUT2D eigenvalue weighted by Gasteiger charge is 2.10. The van der Waals surface area contributed by atoms with Gasteiger partial charge >= 0.3 is 11.1 Å². The number of hydrogen-bond donors (Lipinski definition) is 1. The summed E-state index contributed by atoms with van der Waals surface area (Å²) in [5, 5.41) is 5.89. The van der Waals surface area contributed by atoms with E-state index in [2.05, 4.69) is 20.1 Å². The first-order chi connectivity index (χ1) is 10.0. The maximum absolute atomic E-state index is 11.3. The Bertz CT molecular complexity index is 932. The molecule has 0 aliphatic rings. The fourth-order valence-electron chi connectivity index (χ4n) is 1.64. The van der Waals surface area contributed by atoms with Crippen LogP contribution in [0.2, 0.25) is 5.15 Å². The third kappa shape index (κ3) is 2.85. The van der Waals surface area contributed by atoms with Gasteiger partial charge in [-0.15, -0.1) is 11.3 Å². The molecule has 3 heterocycles. The minimum Gasteiger partial charge on any atom is -0.265 e. The highest BCUT2D eigenvalue weighted by Crippen LogP contribution is 2.26. The fourth-order valence-corrected chi connectivity index (χ4v) is 3.51. The molecule has 0 bridgehead atoms. The van der Waals surface area contributed by atoms with Gasteiger partial charge < -0.3 is 0 Å². The second-order valence-corrected chi connectivity index (χ2v) is 6.25. The summed E-state index contributed by atoms with van der Waals surface area (Å²) in [6.07, 6.45) is 0. The predicted octanol–water partition coefficient (Wildman–Crippen LogP) is 1.42. The lowest BCUT2D eigenvalue weighted by atomic mass is 10.4. The van der Waals surface area contributed by atoms with Crippen molar-refractivity contribution in [3.8, 4) is 0 Å². The summed E-state index contributed by atoms with van der Waals surface area (Å²) in [5.41, 5.74) is -1.57. The molecule has 21 heavy (non-hydrogen) atoms. The molecule has 0 saturated carbocycles. The monoisotopic (exact) mass is 341 g/mol. The molecule has 108 valence electrons. The second-order valence-electron chi connectivity index (χ2n) is 4.06. The van der Waals surface area contributed by atoms with E-state index >= 15 is 0 Å². The number of aromatic amines is 1. The van der Waals surface area contributed by atoms with Gasteiger partial charge in [-0.25, -0.2) is 9.97 Å². The summed E-state index contributed by atoms with van der Waals surface area (Å²) in [4.78, 5) is 35.5. The zero-order valence-corrected chi connectivity index (χ0v) is 13.1. The van der Waals surface area contributed by atoms with Crippen LogP contribution in [0.3, 0.4) is 0 Å². The Morgan fingerprint density at radius 1 is 1.38 bits per heavy atom. The largest absolute Gasteiger partial charge is 0.339 e. The van der Waals surface area contributed by atoms with Crippen molar-refractivity contribution in [3.05, 3.63) is 43.1 Å². The lowest BCUT2D eigenvalue weighted by Crippen LogP contribution is -2.33. The number of thioether (sulfide) groups is 1. The SMILES string of the molecule is Cn1[nH]c(=O)c(=O)nc1SCc1nc(Cl)c2ccsc2n1. The van der Waals surface area contributed by atoms with Gasteiger partial charge in [-0.2, -0.15) is 4.98 Å². The van der Waals surface area contributed by atoms with E-state index in [9.17, 15) is 9.59 Å². The summed E-state index contributed by atoms with van der Waals surface area (Å²) in [5.74, 6) is 0.931. The minimum absolute atomic E-state index is 0.380. The second kappa shape index (κ2) is 5.58. The molecular weight excluding hydrogens is 334 g/mol. The van der Waals surface area contributed by atoms with Crippen LogP contribution in [0.5, 0.6) is 0 Å². The Balaban J connectivity index is 1.88. The highest BCUT2D eigenvalue weighted by atomic mass is 35.5.